The van der Waals surface area contributed by atoms with Gasteiger partial charge in [0, 0.05) is 0 Å². The van der Waals surface area contributed by atoms with Crippen molar-refractivity contribution in [3.05, 3.63) is 53.6 Å². The molecule has 1 heterocycles. The molecule has 156 valence electrons. The van der Waals surface area contributed by atoms with Crippen LogP contribution in [0.3, 0.4) is 0 Å². The molecule has 0 saturated carbocycles. The third-order valence-corrected chi connectivity index (χ3v) is 5.90. The highest BCUT2D eigenvalue weighted by atomic mass is 32.2. The van der Waals surface area contributed by atoms with E-state index in [1.807, 2.05) is 44.2 Å². The van der Waals surface area contributed by atoms with Crippen molar-refractivity contribution in [3.8, 4) is 11.5 Å². The number of amides is 1. The van der Waals surface area contributed by atoms with Crippen molar-refractivity contribution in [3.63, 3.8) is 0 Å². The number of nitrogens with one attached hydrogen (secondary N) is 1. The number of fused-ring (bicyclic) bond motifs is 1. The fourth-order valence-electron chi connectivity index (χ4n) is 3.26. The largest absolute Gasteiger partial charge is 0.486 e. The van der Waals surface area contributed by atoms with E-state index in [-0.39, 0.29) is 18.5 Å². The van der Waals surface area contributed by atoms with Gasteiger partial charge in [0.1, 0.15) is 19.8 Å². The zero-order chi connectivity index (χ0) is 21.0. The molecule has 0 aliphatic carbocycles. The van der Waals surface area contributed by atoms with Gasteiger partial charge in [0.25, 0.3) is 0 Å². The van der Waals surface area contributed by atoms with Gasteiger partial charge in [0.2, 0.25) is 15.9 Å². The van der Waals surface area contributed by atoms with Crippen molar-refractivity contribution >= 4 is 21.6 Å². The molecule has 2 aromatic rings. The number of anilines is 1. The fraction of sp³-hybridized carbons (Fsp3) is 0.381. The molecule has 1 amide bonds. The number of aryl methyl sites for hydroxylation is 1. The van der Waals surface area contributed by atoms with Crippen LogP contribution in [0.4, 0.5) is 5.69 Å². The number of sulfonamides is 1. The molecule has 0 radical (unpaired) electrons. The Kier molecular flexibility index (Phi) is 6.32. The molecule has 7 nitrogen and oxygen atoms in total. The van der Waals surface area contributed by atoms with Gasteiger partial charge < -0.3 is 14.8 Å². The number of carbonyl (C=O) groups is 1. The van der Waals surface area contributed by atoms with Crippen molar-refractivity contribution in [2.45, 2.75) is 26.3 Å². The van der Waals surface area contributed by atoms with Crippen molar-refractivity contribution < 1.29 is 22.7 Å². The van der Waals surface area contributed by atoms with E-state index in [1.165, 1.54) is 0 Å². The van der Waals surface area contributed by atoms with Crippen molar-refractivity contribution in [1.29, 1.82) is 0 Å². The summed E-state index contributed by atoms with van der Waals surface area (Å²) in [5.41, 5.74) is 2.24. The monoisotopic (exact) mass is 418 g/mol. The lowest BCUT2D eigenvalue weighted by Crippen LogP contribution is -2.41. The Morgan fingerprint density at radius 3 is 2.52 bits per heavy atom. The predicted molar refractivity (Wildman–Crippen MR) is 112 cm³/mol. The van der Waals surface area contributed by atoms with E-state index in [2.05, 4.69) is 5.32 Å². The van der Waals surface area contributed by atoms with Gasteiger partial charge in [-0.2, -0.15) is 0 Å². The van der Waals surface area contributed by atoms with Crippen LogP contribution in [0.2, 0.25) is 0 Å². The Bertz CT molecular complexity index is 990. The predicted octanol–water partition coefficient (Wildman–Crippen LogP) is 2.66. The highest BCUT2D eigenvalue weighted by Gasteiger charge is 2.24. The van der Waals surface area contributed by atoms with Gasteiger partial charge in [-0.1, -0.05) is 31.2 Å². The zero-order valence-corrected chi connectivity index (χ0v) is 17.7. The van der Waals surface area contributed by atoms with Crippen LogP contribution in [0.1, 0.15) is 31.0 Å². The smallest absolute Gasteiger partial charge is 0.241 e. The van der Waals surface area contributed by atoms with Gasteiger partial charge in [-0.25, -0.2) is 8.42 Å². The molecule has 1 aliphatic heterocycles. The molecule has 0 aromatic heterocycles. The molecule has 0 bridgehead atoms. The molecule has 1 aliphatic rings. The topological polar surface area (TPSA) is 84.9 Å². The molecule has 1 atom stereocenters. The number of nitrogens with zero attached hydrogens (tertiary/aromatic N) is 1. The van der Waals surface area contributed by atoms with Crippen molar-refractivity contribution in [1.82, 2.24) is 5.32 Å². The summed E-state index contributed by atoms with van der Waals surface area (Å²) in [6.07, 6.45) is 1.77. The zero-order valence-electron chi connectivity index (χ0n) is 16.8. The highest BCUT2D eigenvalue weighted by molar-refractivity contribution is 7.92. The van der Waals surface area contributed by atoms with Crippen LogP contribution in [-0.2, 0) is 21.2 Å². The lowest BCUT2D eigenvalue weighted by Gasteiger charge is -2.25. The lowest BCUT2D eigenvalue weighted by molar-refractivity contribution is -0.120. The lowest BCUT2D eigenvalue weighted by atomic mass is 10.1. The molecule has 0 spiro atoms. The summed E-state index contributed by atoms with van der Waals surface area (Å²) in [5.74, 6) is 0.936. The van der Waals surface area contributed by atoms with Crippen LogP contribution < -0.4 is 19.1 Å². The Balaban J connectivity index is 1.75. The average Bonchev–Trinajstić information content (AvgIpc) is 2.70. The number of rotatable bonds is 7. The molecular weight excluding hydrogens is 392 g/mol. The second-order valence-electron chi connectivity index (χ2n) is 6.94. The minimum atomic E-state index is -3.62. The number of ether oxygens (including phenoxy) is 2. The quantitative estimate of drug-likeness (QED) is 0.747. The molecule has 1 unspecified atom stereocenters. The maximum Gasteiger partial charge on any atom is 0.241 e. The molecular formula is C21H26N2O5S. The molecule has 0 saturated heterocycles. The van der Waals surface area contributed by atoms with Crippen LogP contribution in [0, 0.1) is 0 Å². The first-order valence-electron chi connectivity index (χ1n) is 9.54. The van der Waals surface area contributed by atoms with Gasteiger partial charge >= 0.3 is 0 Å². The number of hydrogen-bond acceptors (Lipinski definition) is 5. The van der Waals surface area contributed by atoms with E-state index >= 15 is 0 Å². The normalized spacial score (nSPS) is 14.2. The van der Waals surface area contributed by atoms with Crippen LogP contribution in [0.15, 0.2) is 42.5 Å². The number of para-hydroxylation sites is 1. The van der Waals surface area contributed by atoms with Crippen LogP contribution in [0.5, 0.6) is 11.5 Å². The third-order valence-electron chi connectivity index (χ3n) is 4.77. The van der Waals surface area contributed by atoms with Gasteiger partial charge in [0.15, 0.2) is 11.5 Å². The first kappa shape index (κ1) is 21.0. The Morgan fingerprint density at radius 1 is 1.14 bits per heavy atom. The van der Waals surface area contributed by atoms with E-state index in [0.717, 1.165) is 21.7 Å². The Labute approximate surface area is 171 Å². The summed E-state index contributed by atoms with van der Waals surface area (Å²) in [7, 11) is -3.62. The molecule has 1 N–H and O–H groups in total. The van der Waals surface area contributed by atoms with Gasteiger partial charge in [-0.3, -0.25) is 9.10 Å². The summed E-state index contributed by atoms with van der Waals surface area (Å²) in [6, 6.07) is 12.4. The second-order valence-corrected chi connectivity index (χ2v) is 8.85. The Hall–Kier alpha value is -2.74. The maximum absolute atomic E-state index is 12.7. The molecule has 0 fully saturated rings. The minimum absolute atomic E-state index is 0.287. The Morgan fingerprint density at radius 2 is 1.83 bits per heavy atom. The maximum atomic E-state index is 12.7. The summed E-state index contributed by atoms with van der Waals surface area (Å²) < 4.78 is 37.0. The highest BCUT2D eigenvalue weighted by Crippen LogP contribution is 2.32. The number of hydrogen-bond donors (Lipinski definition) is 1. The van der Waals surface area contributed by atoms with Crippen LogP contribution in [-0.4, -0.2) is 40.3 Å². The first-order chi connectivity index (χ1) is 13.8. The van der Waals surface area contributed by atoms with Crippen molar-refractivity contribution in [2.24, 2.45) is 0 Å². The summed E-state index contributed by atoms with van der Waals surface area (Å²) >= 11 is 0. The molecule has 2 aromatic carbocycles. The summed E-state index contributed by atoms with van der Waals surface area (Å²) in [6.45, 7) is 4.50. The van der Waals surface area contributed by atoms with Crippen LogP contribution in [0.25, 0.3) is 0 Å². The minimum Gasteiger partial charge on any atom is -0.486 e. The van der Waals surface area contributed by atoms with E-state index in [1.54, 1.807) is 12.1 Å². The number of benzene rings is 2. The van der Waals surface area contributed by atoms with E-state index in [0.29, 0.717) is 36.8 Å². The van der Waals surface area contributed by atoms with Gasteiger partial charge in [0.05, 0.1) is 18.0 Å². The third kappa shape index (κ3) is 5.00. The summed E-state index contributed by atoms with van der Waals surface area (Å²) in [5, 5.41) is 2.87. The molecule has 8 heteroatoms. The fourth-order valence-corrected chi connectivity index (χ4v) is 4.15. The first-order valence-corrected chi connectivity index (χ1v) is 11.4. The van der Waals surface area contributed by atoms with Gasteiger partial charge in [-0.05, 0) is 42.7 Å². The van der Waals surface area contributed by atoms with Crippen molar-refractivity contribution in [2.75, 3.05) is 30.3 Å². The number of carbonyl (C=O) groups excluding carboxylic acids is 1. The van der Waals surface area contributed by atoms with Crippen LogP contribution >= 0.6 is 0 Å². The summed E-state index contributed by atoms with van der Waals surface area (Å²) in [4.78, 5) is 12.7. The second kappa shape index (κ2) is 8.73. The standard InChI is InChI=1S/C21H26N2O5S/c1-4-16-7-5-6-8-18(16)23(29(3,25)26)14-21(24)22-15(2)17-9-10-19-20(13-17)28-12-11-27-19/h5-10,13,15H,4,11-12,14H2,1-3H3,(H,22,24). The average molecular weight is 419 g/mol. The van der Waals surface area contributed by atoms with E-state index in [4.69, 9.17) is 9.47 Å². The molecule has 3 rings (SSSR count). The molecule has 29 heavy (non-hydrogen) atoms. The van der Waals surface area contributed by atoms with Gasteiger partial charge in [-0.15, -0.1) is 0 Å². The van der Waals surface area contributed by atoms with E-state index < -0.39 is 10.0 Å². The van der Waals surface area contributed by atoms with E-state index in [9.17, 15) is 13.2 Å². The SMILES string of the molecule is CCc1ccccc1N(CC(=O)NC(C)c1ccc2c(c1)OCCO2)S(C)(=O)=O.